The number of hydrogen-bond acceptors (Lipinski definition) is 0. The van der Waals surface area contributed by atoms with Crippen LogP contribution in [0.2, 0.25) is 12.1 Å². The molecule has 0 unspecified atom stereocenters. The Hall–Kier alpha value is -1.44. The lowest BCUT2D eigenvalue weighted by atomic mass is 10.1. The van der Waals surface area contributed by atoms with E-state index in [1.54, 1.807) is 0 Å². The summed E-state index contributed by atoms with van der Waals surface area (Å²) < 4.78 is 0. The minimum atomic E-state index is -0.949. The topological polar surface area (TPSA) is 0 Å². The Kier molecular flexibility index (Phi) is 4.22. The largest absolute Gasteiger partial charge is 0.115 e. The van der Waals surface area contributed by atoms with E-state index < -0.39 is 8.80 Å². The third-order valence-corrected chi connectivity index (χ3v) is 6.22. The van der Waals surface area contributed by atoms with Crippen molar-refractivity contribution in [3.8, 4) is 24.7 Å². The Balaban J connectivity index is 3.36. The lowest BCUT2D eigenvalue weighted by molar-refractivity contribution is 1.32. The van der Waals surface area contributed by atoms with Gasteiger partial charge in [-0.1, -0.05) is 43.8 Å². The molecule has 0 amide bonds. The first-order valence-corrected chi connectivity index (χ1v) is 7.55. The molecule has 0 saturated carbocycles. The fourth-order valence-electron chi connectivity index (χ4n) is 1.95. The highest BCUT2D eigenvalue weighted by Crippen LogP contribution is 2.08. The van der Waals surface area contributed by atoms with Crippen molar-refractivity contribution >= 4 is 14.0 Å². The van der Waals surface area contributed by atoms with Crippen LogP contribution in [0.1, 0.15) is 25.0 Å². The number of hydrogen-bond donors (Lipinski definition) is 0. The van der Waals surface area contributed by atoms with Crippen LogP contribution in [0, 0.1) is 24.7 Å². The van der Waals surface area contributed by atoms with Crippen molar-refractivity contribution < 1.29 is 0 Å². The molecule has 0 aliphatic heterocycles. The average Bonchev–Trinajstić information content (AvgIpc) is 2.30. The summed E-state index contributed by atoms with van der Waals surface area (Å²) in [6, 6.07) is 8.38. The molecule has 0 bridgehead atoms. The van der Waals surface area contributed by atoms with E-state index in [4.69, 9.17) is 12.8 Å². The molecule has 0 N–H and O–H groups in total. The molecule has 1 rings (SSSR count). The molecule has 0 nitrogen and oxygen atoms in total. The number of benzene rings is 1. The molecular formula is C14H16Si. The molecule has 1 aromatic carbocycles. The van der Waals surface area contributed by atoms with Gasteiger partial charge < -0.3 is 0 Å². The summed E-state index contributed by atoms with van der Waals surface area (Å²) in [5, 5.41) is 1.31. The molecule has 0 spiro atoms. The molecule has 0 aromatic heterocycles. The predicted octanol–water partition coefficient (Wildman–Crippen LogP) is 2.12. The molecule has 0 fully saturated rings. The van der Waals surface area contributed by atoms with Crippen LogP contribution in [0.4, 0.5) is 0 Å². The summed E-state index contributed by atoms with van der Waals surface area (Å²) in [7, 11) is -0.949. The first-order valence-electron chi connectivity index (χ1n) is 5.34. The van der Waals surface area contributed by atoms with Crippen molar-refractivity contribution in [2.45, 2.75) is 25.9 Å². The van der Waals surface area contributed by atoms with Gasteiger partial charge in [0.25, 0.3) is 0 Å². The minimum Gasteiger partial charge on any atom is -0.115 e. The Morgan fingerprint density at radius 1 is 1.07 bits per heavy atom. The van der Waals surface area contributed by atoms with E-state index in [-0.39, 0.29) is 0 Å². The second-order valence-corrected chi connectivity index (χ2v) is 7.17. The molecule has 0 atom stereocenters. The molecule has 0 aliphatic rings. The number of rotatable bonds is 3. The summed E-state index contributed by atoms with van der Waals surface area (Å²) in [5.41, 5.74) is 2.01. The zero-order valence-corrected chi connectivity index (χ0v) is 10.5. The zero-order valence-electron chi connectivity index (χ0n) is 9.38. The second-order valence-electron chi connectivity index (χ2n) is 3.57. The van der Waals surface area contributed by atoms with Crippen LogP contribution in [-0.2, 0) is 0 Å². The maximum Gasteiger partial charge on any atom is 0.0735 e. The molecule has 15 heavy (non-hydrogen) atoms. The SMILES string of the molecule is C#Cc1cccc(C#C)c1[SiH](CC)CC. The van der Waals surface area contributed by atoms with E-state index >= 15 is 0 Å². The van der Waals surface area contributed by atoms with E-state index in [1.807, 2.05) is 18.2 Å². The van der Waals surface area contributed by atoms with Crippen molar-refractivity contribution in [2.24, 2.45) is 0 Å². The molecule has 76 valence electrons. The van der Waals surface area contributed by atoms with Gasteiger partial charge in [-0.3, -0.25) is 0 Å². The third-order valence-electron chi connectivity index (χ3n) is 2.81. The predicted molar refractivity (Wildman–Crippen MR) is 70.1 cm³/mol. The van der Waals surface area contributed by atoms with Gasteiger partial charge in [-0.15, -0.1) is 12.8 Å². The van der Waals surface area contributed by atoms with Gasteiger partial charge in [-0.2, -0.15) is 0 Å². The molecule has 0 saturated heterocycles. The lowest BCUT2D eigenvalue weighted by Crippen LogP contribution is -2.33. The highest BCUT2D eigenvalue weighted by atomic mass is 28.3. The lowest BCUT2D eigenvalue weighted by Gasteiger charge is -2.15. The Bertz CT molecular complexity index is 382. The van der Waals surface area contributed by atoms with Gasteiger partial charge in [0.15, 0.2) is 0 Å². The van der Waals surface area contributed by atoms with Crippen LogP contribution in [-0.4, -0.2) is 8.80 Å². The summed E-state index contributed by atoms with van der Waals surface area (Å²) in [5.74, 6) is 5.52. The van der Waals surface area contributed by atoms with Crippen molar-refractivity contribution in [1.82, 2.24) is 0 Å². The van der Waals surface area contributed by atoms with Crippen molar-refractivity contribution in [3.63, 3.8) is 0 Å². The normalized spacial score (nSPS) is 9.67. The second kappa shape index (κ2) is 5.44. The molecular weight excluding hydrogens is 196 g/mol. The Morgan fingerprint density at radius 2 is 1.53 bits per heavy atom. The van der Waals surface area contributed by atoms with E-state index in [2.05, 4.69) is 25.7 Å². The summed E-state index contributed by atoms with van der Waals surface area (Å²) in [6.45, 7) is 4.46. The first-order chi connectivity index (χ1) is 7.28. The zero-order chi connectivity index (χ0) is 11.3. The molecule has 0 radical (unpaired) electrons. The van der Waals surface area contributed by atoms with Gasteiger partial charge in [0.05, 0.1) is 8.80 Å². The smallest absolute Gasteiger partial charge is 0.0735 e. The standard InChI is InChI=1S/C14H16Si/c1-5-12-10-9-11-13(6-2)14(12)15(7-3)8-4/h1-2,9-11,15H,7-8H2,3-4H3. The highest BCUT2D eigenvalue weighted by Gasteiger charge is 2.15. The van der Waals surface area contributed by atoms with Crippen LogP contribution in [0.25, 0.3) is 0 Å². The summed E-state index contributed by atoms with van der Waals surface area (Å²) >= 11 is 0. The maximum absolute atomic E-state index is 5.53. The highest BCUT2D eigenvalue weighted by molar-refractivity contribution is 6.74. The van der Waals surface area contributed by atoms with Gasteiger partial charge in [0.2, 0.25) is 0 Å². The molecule has 0 heterocycles. The quantitative estimate of drug-likeness (QED) is 0.532. The van der Waals surface area contributed by atoms with Crippen LogP contribution >= 0.6 is 0 Å². The van der Waals surface area contributed by atoms with E-state index in [0.29, 0.717) is 0 Å². The summed E-state index contributed by atoms with van der Waals surface area (Å²) in [4.78, 5) is 0. The van der Waals surface area contributed by atoms with Gasteiger partial charge in [-0.05, 0) is 17.3 Å². The molecule has 1 aromatic rings. The fourth-order valence-corrected chi connectivity index (χ4v) is 4.59. The van der Waals surface area contributed by atoms with Gasteiger partial charge >= 0.3 is 0 Å². The van der Waals surface area contributed by atoms with Gasteiger partial charge in [0, 0.05) is 11.1 Å². The monoisotopic (exact) mass is 212 g/mol. The summed E-state index contributed by atoms with van der Waals surface area (Å²) in [6.07, 6.45) is 11.1. The first kappa shape index (κ1) is 11.6. The van der Waals surface area contributed by atoms with E-state index in [1.165, 1.54) is 17.3 Å². The van der Waals surface area contributed by atoms with Crippen molar-refractivity contribution in [1.29, 1.82) is 0 Å². The van der Waals surface area contributed by atoms with Crippen molar-refractivity contribution in [3.05, 3.63) is 29.3 Å². The maximum atomic E-state index is 5.53. The average molecular weight is 212 g/mol. The number of terminal acetylenes is 2. The van der Waals surface area contributed by atoms with Gasteiger partial charge in [-0.25, -0.2) is 0 Å². The minimum absolute atomic E-state index is 0.949. The third kappa shape index (κ3) is 2.32. The van der Waals surface area contributed by atoms with Crippen LogP contribution in [0.3, 0.4) is 0 Å². The van der Waals surface area contributed by atoms with Crippen LogP contribution in [0.15, 0.2) is 18.2 Å². The Labute approximate surface area is 94.3 Å². The van der Waals surface area contributed by atoms with Crippen molar-refractivity contribution in [2.75, 3.05) is 0 Å². The van der Waals surface area contributed by atoms with Crippen LogP contribution in [0.5, 0.6) is 0 Å². The van der Waals surface area contributed by atoms with Gasteiger partial charge in [0.1, 0.15) is 0 Å². The Morgan fingerprint density at radius 3 is 1.87 bits per heavy atom. The van der Waals surface area contributed by atoms with Crippen LogP contribution < -0.4 is 5.19 Å². The molecule has 0 aliphatic carbocycles. The van der Waals surface area contributed by atoms with E-state index in [0.717, 1.165) is 11.1 Å². The van der Waals surface area contributed by atoms with E-state index in [9.17, 15) is 0 Å². The fraction of sp³-hybridized carbons (Fsp3) is 0.286. The molecule has 1 heteroatoms.